The summed E-state index contributed by atoms with van der Waals surface area (Å²) in [6.07, 6.45) is 7.93. The van der Waals surface area contributed by atoms with Gasteiger partial charge in [0, 0.05) is 18.6 Å². The van der Waals surface area contributed by atoms with E-state index in [2.05, 4.69) is 25.4 Å². The highest BCUT2D eigenvalue weighted by molar-refractivity contribution is 6.29. The molecule has 20 heavy (non-hydrogen) atoms. The number of hydrogen-bond donors (Lipinski definition) is 1. The van der Waals surface area contributed by atoms with Crippen molar-refractivity contribution in [3.8, 4) is 0 Å². The van der Waals surface area contributed by atoms with Crippen LogP contribution < -0.4 is 5.32 Å². The van der Waals surface area contributed by atoms with Gasteiger partial charge in [-0.2, -0.15) is 0 Å². The van der Waals surface area contributed by atoms with E-state index in [1.54, 1.807) is 0 Å². The number of hydrogen-bond acceptors (Lipinski definition) is 5. The second kappa shape index (κ2) is 6.22. The molecule has 0 radical (unpaired) electrons. The van der Waals surface area contributed by atoms with Crippen LogP contribution in [0.15, 0.2) is 0 Å². The number of nitrogens with one attached hydrogen (secondary N) is 1. The summed E-state index contributed by atoms with van der Waals surface area (Å²) >= 11 is 5.86. The molecule has 0 spiro atoms. The van der Waals surface area contributed by atoms with Crippen LogP contribution in [0.3, 0.4) is 0 Å². The third kappa shape index (κ3) is 3.20. The maximum absolute atomic E-state index is 5.86. The van der Waals surface area contributed by atoms with Gasteiger partial charge < -0.3 is 5.32 Å². The maximum Gasteiger partial charge on any atom is 0.243 e. The summed E-state index contributed by atoms with van der Waals surface area (Å²) in [6, 6.07) is 1.22. The molecule has 2 fully saturated rings. The Hall–Kier alpha value is -0.940. The molecule has 2 heterocycles. The zero-order valence-electron chi connectivity index (χ0n) is 12.0. The standard InChI is InChI=1S/C14H22ClN5/c1-10-13(15)18-19-14(16-10)17-11-5-4-8-20(9-11)12-6-2-3-7-12/h11-12H,2-9H2,1H3,(H,16,17,19)/t11-/m1/s1. The summed E-state index contributed by atoms with van der Waals surface area (Å²) in [5.41, 5.74) is 0.729. The molecule has 2 aliphatic rings. The summed E-state index contributed by atoms with van der Waals surface area (Å²) in [5, 5.41) is 11.7. The van der Waals surface area contributed by atoms with E-state index < -0.39 is 0 Å². The minimum absolute atomic E-state index is 0.381. The van der Waals surface area contributed by atoms with Crippen LogP contribution >= 0.6 is 11.6 Å². The first-order valence-electron chi connectivity index (χ1n) is 7.60. The van der Waals surface area contributed by atoms with E-state index in [1.165, 1.54) is 45.1 Å². The van der Waals surface area contributed by atoms with Crippen molar-refractivity contribution in [2.24, 2.45) is 0 Å². The number of aromatic nitrogens is 3. The Bertz CT molecular complexity index is 461. The first kappa shape index (κ1) is 14.0. The Balaban J connectivity index is 1.60. The number of piperidine rings is 1. The molecule has 1 atom stereocenters. The van der Waals surface area contributed by atoms with Crippen LogP contribution in [0.1, 0.15) is 44.2 Å². The third-order valence-corrected chi connectivity index (χ3v) is 4.78. The molecular weight excluding hydrogens is 274 g/mol. The molecule has 5 nitrogen and oxygen atoms in total. The SMILES string of the molecule is Cc1nc(N[C@@H]2CCCN(C3CCCC3)C2)nnc1Cl. The van der Waals surface area contributed by atoms with Crippen molar-refractivity contribution < 1.29 is 0 Å². The molecule has 6 heteroatoms. The normalized spacial score (nSPS) is 25.0. The first-order chi connectivity index (χ1) is 9.72. The molecular formula is C14H22ClN5. The van der Waals surface area contributed by atoms with Crippen LogP contribution in [0, 0.1) is 6.92 Å². The van der Waals surface area contributed by atoms with E-state index in [4.69, 9.17) is 11.6 Å². The average molecular weight is 296 g/mol. The van der Waals surface area contributed by atoms with Crippen molar-refractivity contribution in [2.75, 3.05) is 18.4 Å². The number of halogens is 1. The van der Waals surface area contributed by atoms with Gasteiger partial charge in [0.1, 0.15) is 0 Å². The van der Waals surface area contributed by atoms with Crippen molar-refractivity contribution in [3.63, 3.8) is 0 Å². The van der Waals surface area contributed by atoms with Gasteiger partial charge in [-0.05, 0) is 39.2 Å². The molecule has 1 aliphatic heterocycles. The molecule has 3 rings (SSSR count). The Labute approximate surface area is 125 Å². The fourth-order valence-electron chi connectivity index (χ4n) is 3.36. The predicted octanol–water partition coefficient (Wildman–Crippen LogP) is 2.65. The van der Waals surface area contributed by atoms with Crippen LogP contribution in [0.25, 0.3) is 0 Å². The van der Waals surface area contributed by atoms with Crippen molar-refractivity contribution in [1.29, 1.82) is 0 Å². The van der Waals surface area contributed by atoms with Crippen molar-refractivity contribution in [1.82, 2.24) is 20.1 Å². The van der Waals surface area contributed by atoms with Gasteiger partial charge in [-0.3, -0.25) is 4.90 Å². The highest BCUT2D eigenvalue weighted by Crippen LogP contribution is 2.26. The van der Waals surface area contributed by atoms with Crippen molar-refractivity contribution in [2.45, 2.75) is 57.5 Å². The number of likely N-dealkylation sites (tertiary alicyclic amines) is 1. The minimum atomic E-state index is 0.381. The quantitative estimate of drug-likeness (QED) is 0.929. The maximum atomic E-state index is 5.86. The lowest BCUT2D eigenvalue weighted by molar-refractivity contribution is 0.156. The summed E-state index contributed by atoms with van der Waals surface area (Å²) in [5.74, 6) is 0.602. The second-order valence-electron chi connectivity index (χ2n) is 5.93. The molecule has 0 amide bonds. The van der Waals surface area contributed by atoms with Gasteiger partial charge >= 0.3 is 0 Å². The lowest BCUT2D eigenvalue weighted by atomic mass is 10.0. The first-order valence-corrected chi connectivity index (χ1v) is 7.97. The van der Waals surface area contributed by atoms with Crippen LogP contribution in [0.4, 0.5) is 5.95 Å². The Morgan fingerprint density at radius 2 is 1.95 bits per heavy atom. The molecule has 0 bridgehead atoms. The molecule has 110 valence electrons. The fraction of sp³-hybridized carbons (Fsp3) is 0.786. The zero-order chi connectivity index (χ0) is 13.9. The summed E-state index contributed by atoms with van der Waals surface area (Å²) in [4.78, 5) is 7.00. The summed E-state index contributed by atoms with van der Waals surface area (Å²) < 4.78 is 0. The van der Waals surface area contributed by atoms with Crippen molar-refractivity contribution >= 4 is 17.5 Å². The van der Waals surface area contributed by atoms with E-state index in [0.717, 1.165) is 18.3 Å². The van der Waals surface area contributed by atoms with E-state index in [-0.39, 0.29) is 0 Å². The predicted molar refractivity (Wildman–Crippen MR) is 80.0 cm³/mol. The Kier molecular flexibility index (Phi) is 4.36. The third-order valence-electron chi connectivity index (χ3n) is 4.43. The van der Waals surface area contributed by atoms with Gasteiger partial charge in [-0.25, -0.2) is 4.98 Å². The van der Waals surface area contributed by atoms with Crippen molar-refractivity contribution in [3.05, 3.63) is 10.8 Å². The largest absolute Gasteiger partial charge is 0.349 e. The monoisotopic (exact) mass is 295 g/mol. The number of aryl methyl sites for hydroxylation is 1. The minimum Gasteiger partial charge on any atom is -0.349 e. The van der Waals surface area contributed by atoms with E-state index in [1.807, 2.05) is 6.92 Å². The van der Waals surface area contributed by atoms with Crippen LogP contribution in [0.2, 0.25) is 5.15 Å². The molecule has 1 aliphatic carbocycles. The topological polar surface area (TPSA) is 53.9 Å². The number of anilines is 1. The highest BCUT2D eigenvalue weighted by atomic mass is 35.5. The lowest BCUT2D eigenvalue weighted by Crippen LogP contribution is -2.46. The summed E-state index contributed by atoms with van der Waals surface area (Å²) in [6.45, 7) is 4.19. The molecule has 1 N–H and O–H groups in total. The van der Waals surface area contributed by atoms with Gasteiger partial charge in [-0.15, -0.1) is 10.2 Å². The summed E-state index contributed by atoms with van der Waals surface area (Å²) in [7, 11) is 0. The van der Waals surface area contributed by atoms with Gasteiger partial charge in [0.2, 0.25) is 5.95 Å². The fourth-order valence-corrected chi connectivity index (χ4v) is 3.44. The molecule has 1 aromatic heterocycles. The number of nitrogens with zero attached hydrogens (tertiary/aromatic N) is 4. The average Bonchev–Trinajstić information content (AvgIpc) is 2.97. The molecule has 1 aromatic rings. The molecule has 1 saturated carbocycles. The Morgan fingerprint density at radius 3 is 2.70 bits per heavy atom. The second-order valence-corrected chi connectivity index (χ2v) is 6.29. The van der Waals surface area contributed by atoms with Gasteiger partial charge in [-0.1, -0.05) is 24.4 Å². The molecule has 0 aromatic carbocycles. The van der Waals surface area contributed by atoms with Crippen LogP contribution in [-0.4, -0.2) is 45.3 Å². The van der Waals surface area contributed by atoms with E-state index in [0.29, 0.717) is 17.1 Å². The van der Waals surface area contributed by atoms with Crippen LogP contribution in [0.5, 0.6) is 0 Å². The lowest BCUT2D eigenvalue weighted by Gasteiger charge is -2.37. The smallest absolute Gasteiger partial charge is 0.243 e. The van der Waals surface area contributed by atoms with E-state index >= 15 is 0 Å². The Morgan fingerprint density at radius 1 is 1.15 bits per heavy atom. The van der Waals surface area contributed by atoms with Gasteiger partial charge in [0.25, 0.3) is 0 Å². The number of rotatable bonds is 3. The van der Waals surface area contributed by atoms with Gasteiger partial charge in [0.15, 0.2) is 5.15 Å². The highest BCUT2D eigenvalue weighted by Gasteiger charge is 2.28. The van der Waals surface area contributed by atoms with E-state index in [9.17, 15) is 0 Å². The molecule has 0 unspecified atom stereocenters. The molecule has 1 saturated heterocycles. The zero-order valence-corrected chi connectivity index (χ0v) is 12.7. The van der Waals surface area contributed by atoms with Gasteiger partial charge in [0.05, 0.1) is 5.69 Å². The van der Waals surface area contributed by atoms with Crippen LogP contribution in [-0.2, 0) is 0 Å².